The van der Waals surface area contributed by atoms with E-state index >= 15 is 0 Å². The number of aromatic hydroxyl groups is 1. The summed E-state index contributed by atoms with van der Waals surface area (Å²) in [5, 5.41) is 42.7. The third kappa shape index (κ3) is 9.10. The molecule has 0 aliphatic heterocycles. The number of carboxylic acid groups (broad SMARTS) is 2. The Kier molecular flexibility index (Phi) is 9.88. The van der Waals surface area contributed by atoms with E-state index in [9.17, 15) is 34.2 Å². The second kappa shape index (κ2) is 12.1. The highest BCUT2D eigenvalue weighted by atomic mass is 16.4. The third-order valence-electron chi connectivity index (χ3n) is 3.97. The molecule has 31 heavy (non-hydrogen) atoms. The van der Waals surface area contributed by atoms with Gasteiger partial charge in [0.25, 0.3) is 0 Å². The van der Waals surface area contributed by atoms with Crippen molar-refractivity contribution in [2.75, 3.05) is 13.2 Å². The molecule has 0 aromatic heterocycles. The predicted molar refractivity (Wildman–Crippen MR) is 104 cm³/mol. The van der Waals surface area contributed by atoms with E-state index in [1.54, 1.807) is 0 Å². The number of aliphatic hydroxyl groups excluding tert-OH is 1. The molecule has 0 fully saturated rings. The van der Waals surface area contributed by atoms with Gasteiger partial charge in [0.2, 0.25) is 17.7 Å². The van der Waals surface area contributed by atoms with Crippen LogP contribution in [0, 0.1) is 0 Å². The average Bonchev–Trinajstić information content (AvgIpc) is 2.70. The van der Waals surface area contributed by atoms with Crippen molar-refractivity contribution in [1.29, 1.82) is 0 Å². The zero-order chi connectivity index (χ0) is 23.6. The Labute approximate surface area is 176 Å². The molecule has 1 aromatic rings. The summed E-state index contributed by atoms with van der Waals surface area (Å²) in [5.41, 5.74) is 5.92. The molecule has 3 amide bonds. The van der Waals surface area contributed by atoms with Crippen molar-refractivity contribution in [3.8, 4) is 5.75 Å². The van der Waals surface area contributed by atoms with Crippen LogP contribution >= 0.6 is 0 Å². The van der Waals surface area contributed by atoms with Crippen LogP contribution in [0.4, 0.5) is 0 Å². The molecule has 0 aliphatic rings. The Hall–Kier alpha value is -3.71. The second-order valence-electron chi connectivity index (χ2n) is 6.49. The number of benzene rings is 1. The molecule has 1 rings (SSSR count). The molecular formula is C18H24N4O9. The van der Waals surface area contributed by atoms with Crippen molar-refractivity contribution in [3.63, 3.8) is 0 Å². The second-order valence-corrected chi connectivity index (χ2v) is 6.49. The fraction of sp³-hybridized carbons (Fsp3) is 0.389. The molecule has 0 aliphatic carbocycles. The fourth-order valence-corrected chi connectivity index (χ4v) is 2.39. The minimum absolute atomic E-state index is 0.0274. The molecule has 0 spiro atoms. The molecule has 0 saturated heterocycles. The minimum Gasteiger partial charge on any atom is -0.508 e. The van der Waals surface area contributed by atoms with Crippen molar-refractivity contribution in [1.82, 2.24) is 16.0 Å². The van der Waals surface area contributed by atoms with Crippen molar-refractivity contribution >= 4 is 29.7 Å². The first-order chi connectivity index (χ1) is 14.5. The SMILES string of the molecule is NC(CC(=O)O)C(=O)NC(CO)C(=O)NC(Cc1ccc(O)cc1)C(=O)NCC(=O)O. The molecule has 0 heterocycles. The lowest BCUT2D eigenvalue weighted by Gasteiger charge is -2.23. The Morgan fingerprint density at radius 1 is 0.871 bits per heavy atom. The normalized spacial score (nSPS) is 13.4. The molecule has 0 saturated carbocycles. The van der Waals surface area contributed by atoms with Gasteiger partial charge in [0.05, 0.1) is 19.1 Å². The molecule has 1 aromatic carbocycles. The monoisotopic (exact) mass is 440 g/mol. The van der Waals surface area contributed by atoms with Crippen LogP contribution in [0.25, 0.3) is 0 Å². The maximum Gasteiger partial charge on any atom is 0.322 e. The summed E-state index contributed by atoms with van der Waals surface area (Å²) in [6.07, 6.45) is -0.797. The number of aliphatic carboxylic acids is 2. The van der Waals surface area contributed by atoms with Crippen LogP contribution in [0.5, 0.6) is 5.75 Å². The number of hydrogen-bond acceptors (Lipinski definition) is 8. The molecule has 13 heteroatoms. The topological polar surface area (TPSA) is 228 Å². The molecule has 3 unspecified atom stereocenters. The Morgan fingerprint density at radius 3 is 1.97 bits per heavy atom. The molecule has 170 valence electrons. The summed E-state index contributed by atoms with van der Waals surface area (Å²) in [4.78, 5) is 58.1. The lowest BCUT2D eigenvalue weighted by atomic mass is 10.0. The Bertz CT molecular complexity index is 813. The van der Waals surface area contributed by atoms with Crippen LogP contribution in [0.2, 0.25) is 0 Å². The van der Waals surface area contributed by atoms with E-state index in [0.717, 1.165) is 0 Å². The molecular weight excluding hydrogens is 416 g/mol. The standard InChI is InChI=1S/C18H24N4O9/c19-11(6-14(25)26)16(29)22-13(8-23)18(31)21-12(17(30)20-7-15(27)28)5-9-1-3-10(24)4-2-9/h1-4,11-13,23-24H,5-8,19H2,(H,20,30)(H,21,31)(H,22,29)(H,25,26)(H,27,28). The quantitative estimate of drug-likeness (QED) is 0.163. The predicted octanol–water partition coefficient (Wildman–Crippen LogP) is -3.10. The van der Waals surface area contributed by atoms with E-state index in [1.807, 2.05) is 0 Å². The molecule has 13 nitrogen and oxygen atoms in total. The number of carbonyl (C=O) groups is 5. The summed E-state index contributed by atoms with van der Waals surface area (Å²) >= 11 is 0. The average molecular weight is 440 g/mol. The van der Waals surface area contributed by atoms with Gasteiger partial charge in [-0.15, -0.1) is 0 Å². The Balaban J connectivity index is 2.90. The van der Waals surface area contributed by atoms with E-state index in [-0.39, 0.29) is 12.2 Å². The van der Waals surface area contributed by atoms with Crippen molar-refractivity contribution in [2.45, 2.75) is 31.0 Å². The summed E-state index contributed by atoms with van der Waals surface area (Å²) in [6.45, 7) is -1.58. The maximum atomic E-state index is 12.5. The minimum atomic E-state index is -1.54. The molecule has 0 bridgehead atoms. The van der Waals surface area contributed by atoms with Crippen LogP contribution in [-0.4, -0.2) is 81.4 Å². The van der Waals surface area contributed by atoms with Gasteiger partial charge in [0.15, 0.2) is 0 Å². The first kappa shape index (κ1) is 25.3. The first-order valence-corrected chi connectivity index (χ1v) is 8.99. The largest absolute Gasteiger partial charge is 0.508 e. The highest BCUT2D eigenvalue weighted by Gasteiger charge is 2.28. The van der Waals surface area contributed by atoms with Crippen LogP contribution in [0.15, 0.2) is 24.3 Å². The fourth-order valence-electron chi connectivity index (χ4n) is 2.39. The van der Waals surface area contributed by atoms with Crippen molar-refractivity contribution < 1.29 is 44.4 Å². The number of aliphatic hydroxyl groups is 1. The van der Waals surface area contributed by atoms with Gasteiger partial charge in [-0.1, -0.05) is 12.1 Å². The zero-order valence-electron chi connectivity index (χ0n) is 16.3. The van der Waals surface area contributed by atoms with E-state index in [0.29, 0.717) is 5.56 Å². The number of phenols is 1. The van der Waals surface area contributed by atoms with Gasteiger partial charge in [-0.3, -0.25) is 24.0 Å². The highest BCUT2D eigenvalue weighted by Crippen LogP contribution is 2.11. The highest BCUT2D eigenvalue weighted by molar-refractivity contribution is 5.94. The van der Waals surface area contributed by atoms with Crippen molar-refractivity contribution in [3.05, 3.63) is 29.8 Å². The summed E-state index contributed by atoms with van der Waals surface area (Å²) in [5.74, 6) is -5.49. The van der Waals surface area contributed by atoms with Gasteiger partial charge < -0.3 is 42.1 Å². The lowest BCUT2D eigenvalue weighted by molar-refractivity contribution is -0.140. The van der Waals surface area contributed by atoms with Gasteiger partial charge in [0, 0.05) is 6.42 Å². The number of phenolic OH excluding ortho intramolecular Hbond substituents is 1. The lowest BCUT2D eigenvalue weighted by Crippen LogP contribution is -2.57. The van der Waals surface area contributed by atoms with Gasteiger partial charge in [0.1, 0.15) is 24.4 Å². The number of amides is 3. The number of carboxylic acids is 2. The van der Waals surface area contributed by atoms with Crippen LogP contribution < -0.4 is 21.7 Å². The smallest absolute Gasteiger partial charge is 0.322 e. The third-order valence-corrected chi connectivity index (χ3v) is 3.97. The summed E-state index contributed by atoms with van der Waals surface area (Å²) in [7, 11) is 0. The van der Waals surface area contributed by atoms with Gasteiger partial charge in [-0.05, 0) is 17.7 Å². The molecule has 0 radical (unpaired) electrons. The molecule has 9 N–H and O–H groups in total. The number of nitrogens with one attached hydrogen (secondary N) is 3. The van der Waals surface area contributed by atoms with Crippen LogP contribution in [0.1, 0.15) is 12.0 Å². The van der Waals surface area contributed by atoms with Gasteiger partial charge in [-0.2, -0.15) is 0 Å². The number of carbonyl (C=O) groups excluding carboxylic acids is 3. The molecule has 3 atom stereocenters. The van der Waals surface area contributed by atoms with Gasteiger partial charge >= 0.3 is 11.9 Å². The van der Waals surface area contributed by atoms with Crippen LogP contribution in [-0.2, 0) is 30.4 Å². The summed E-state index contributed by atoms with van der Waals surface area (Å²) in [6, 6.07) is 1.38. The van der Waals surface area contributed by atoms with Gasteiger partial charge in [-0.25, -0.2) is 0 Å². The van der Waals surface area contributed by atoms with Crippen molar-refractivity contribution in [2.24, 2.45) is 5.73 Å². The van der Waals surface area contributed by atoms with Crippen LogP contribution in [0.3, 0.4) is 0 Å². The maximum absolute atomic E-state index is 12.5. The van der Waals surface area contributed by atoms with E-state index in [2.05, 4.69) is 16.0 Å². The summed E-state index contributed by atoms with van der Waals surface area (Å²) < 4.78 is 0. The van der Waals surface area contributed by atoms with E-state index in [1.165, 1.54) is 24.3 Å². The Morgan fingerprint density at radius 2 is 1.45 bits per heavy atom. The number of rotatable bonds is 12. The first-order valence-electron chi connectivity index (χ1n) is 8.99. The zero-order valence-corrected chi connectivity index (χ0v) is 16.3. The van der Waals surface area contributed by atoms with E-state index in [4.69, 9.17) is 15.9 Å². The number of hydrogen-bond donors (Lipinski definition) is 8. The van der Waals surface area contributed by atoms with E-state index < -0.39 is 67.4 Å². The number of nitrogens with two attached hydrogens (primary N) is 1.